The van der Waals surface area contributed by atoms with E-state index in [9.17, 15) is 24.6 Å². The molecular weight excluding hydrogens is 534 g/mol. The number of fused-ring (bicyclic) bond motifs is 10. The minimum absolute atomic E-state index is 0.220. The molecule has 1 unspecified atom stereocenters. The lowest BCUT2D eigenvalue weighted by atomic mass is 9.93. The van der Waals surface area contributed by atoms with Gasteiger partial charge in [-0.05, 0) is 49.0 Å². The standard InChI is InChI=1S/C32H35N3O5Si/c1-32(2,41(4,5)40)15-16-14-21(29(37)28(16)36)35-20-13-9-7-11-18(20)23-25-24(30(38)34(3)31(25)39)22-17-10-6-8-12-19(17)33-26(22)27(23)35/h6-13,16,21,28-29,33,36-37,40H,14-15H2,1-5H3/t16-,21?,28-,29+/m1/s1. The molecule has 0 saturated heterocycles. The minimum atomic E-state index is -2.55. The second kappa shape index (κ2) is 8.51. The molecule has 0 radical (unpaired) electrons. The molecule has 2 aromatic heterocycles. The van der Waals surface area contributed by atoms with Crippen molar-refractivity contribution < 1.29 is 24.6 Å². The van der Waals surface area contributed by atoms with Gasteiger partial charge in [0.1, 0.15) is 6.10 Å². The zero-order valence-electron chi connectivity index (χ0n) is 23.9. The van der Waals surface area contributed by atoms with Gasteiger partial charge in [-0.3, -0.25) is 14.5 Å². The van der Waals surface area contributed by atoms with Crippen LogP contribution in [0.2, 0.25) is 18.1 Å². The number of aromatic nitrogens is 2. The molecule has 3 aromatic carbocycles. The Morgan fingerprint density at radius 2 is 1.54 bits per heavy atom. The predicted octanol–water partition coefficient (Wildman–Crippen LogP) is 5.31. The van der Waals surface area contributed by atoms with Crippen molar-refractivity contribution in [1.82, 2.24) is 14.5 Å². The summed E-state index contributed by atoms with van der Waals surface area (Å²) >= 11 is 0. The van der Waals surface area contributed by atoms with Crippen LogP contribution in [0.3, 0.4) is 0 Å². The van der Waals surface area contributed by atoms with Crippen LogP contribution < -0.4 is 0 Å². The van der Waals surface area contributed by atoms with Gasteiger partial charge in [-0.15, -0.1) is 0 Å². The van der Waals surface area contributed by atoms with Crippen LogP contribution in [0.5, 0.6) is 0 Å². The van der Waals surface area contributed by atoms with Crippen LogP contribution in [0, 0.1) is 5.92 Å². The summed E-state index contributed by atoms with van der Waals surface area (Å²) in [5, 5.41) is 25.7. The van der Waals surface area contributed by atoms with Gasteiger partial charge in [0.05, 0.1) is 34.3 Å². The highest BCUT2D eigenvalue weighted by Crippen LogP contribution is 2.51. The lowest BCUT2D eigenvalue weighted by Gasteiger charge is -2.37. The topological polar surface area (TPSA) is 119 Å². The average Bonchev–Trinajstić information content (AvgIpc) is 3.61. The van der Waals surface area contributed by atoms with Gasteiger partial charge in [-0.25, -0.2) is 0 Å². The van der Waals surface area contributed by atoms with Crippen LogP contribution in [0.15, 0.2) is 48.5 Å². The molecule has 8 nitrogen and oxygen atoms in total. The van der Waals surface area contributed by atoms with Crippen molar-refractivity contribution in [2.75, 3.05) is 7.05 Å². The second-order valence-corrected chi connectivity index (χ2v) is 17.6. The van der Waals surface area contributed by atoms with Gasteiger partial charge in [-0.2, -0.15) is 0 Å². The number of carbonyl (C=O) groups excluding carboxylic acids is 2. The zero-order valence-corrected chi connectivity index (χ0v) is 24.9. The number of aromatic amines is 1. The molecule has 5 aromatic rings. The van der Waals surface area contributed by atoms with E-state index in [0.29, 0.717) is 34.7 Å². The zero-order chi connectivity index (χ0) is 29.2. The summed E-state index contributed by atoms with van der Waals surface area (Å²) in [7, 11) is -1.03. The Balaban J connectivity index is 1.56. The molecule has 4 N–H and O–H groups in total. The second-order valence-electron chi connectivity index (χ2n) is 13.1. The first-order valence-corrected chi connectivity index (χ1v) is 17.2. The molecule has 7 rings (SSSR count). The van der Waals surface area contributed by atoms with E-state index in [0.717, 1.165) is 32.8 Å². The summed E-state index contributed by atoms with van der Waals surface area (Å²) < 4.78 is 2.08. The number of benzene rings is 3. The van der Waals surface area contributed by atoms with Crippen molar-refractivity contribution in [3.05, 3.63) is 59.7 Å². The number of aliphatic hydroxyl groups is 2. The number of hydrogen-bond acceptors (Lipinski definition) is 5. The predicted molar refractivity (Wildman–Crippen MR) is 163 cm³/mol. The van der Waals surface area contributed by atoms with Crippen LogP contribution in [0.4, 0.5) is 0 Å². The summed E-state index contributed by atoms with van der Waals surface area (Å²) in [6.07, 6.45) is -0.918. The summed E-state index contributed by atoms with van der Waals surface area (Å²) in [5.74, 6) is -0.887. The number of carbonyl (C=O) groups is 2. The quantitative estimate of drug-likeness (QED) is 0.173. The largest absolute Gasteiger partial charge is 0.432 e. The first kappa shape index (κ1) is 26.4. The fraction of sp³-hybridized carbons (Fsp3) is 0.375. The molecule has 1 fully saturated rings. The summed E-state index contributed by atoms with van der Waals surface area (Å²) in [6.45, 7) is 7.92. The molecule has 4 atom stereocenters. The first-order chi connectivity index (χ1) is 19.3. The van der Waals surface area contributed by atoms with Crippen molar-refractivity contribution in [3.8, 4) is 0 Å². The summed E-state index contributed by atoms with van der Waals surface area (Å²) in [4.78, 5) is 42.9. The van der Waals surface area contributed by atoms with Crippen molar-refractivity contribution in [1.29, 1.82) is 0 Å². The van der Waals surface area contributed by atoms with Crippen molar-refractivity contribution in [3.63, 3.8) is 0 Å². The number of aliphatic hydroxyl groups excluding tert-OH is 2. The van der Waals surface area contributed by atoms with E-state index < -0.39 is 26.6 Å². The lowest BCUT2D eigenvalue weighted by Crippen LogP contribution is -2.41. The van der Waals surface area contributed by atoms with E-state index in [1.54, 1.807) is 0 Å². The highest BCUT2D eigenvalue weighted by atomic mass is 28.4. The molecule has 0 bridgehead atoms. The highest BCUT2D eigenvalue weighted by Gasteiger charge is 2.49. The molecule has 1 aliphatic carbocycles. The third-order valence-corrected chi connectivity index (χ3v) is 13.7. The first-order valence-electron chi connectivity index (χ1n) is 14.2. The van der Waals surface area contributed by atoms with Gasteiger partial charge in [0.15, 0.2) is 8.32 Å². The van der Waals surface area contributed by atoms with Crippen LogP contribution >= 0.6 is 0 Å². The number of H-pyrrole nitrogens is 1. The van der Waals surface area contributed by atoms with Gasteiger partial charge in [-0.1, -0.05) is 50.2 Å². The van der Waals surface area contributed by atoms with Crippen LogP contribution in [0.1, 0.15) is 53.4 Å². The van der Waals surface area contributed by atoms with E-state index in [2.05, 4.69) is 9.55 Å². The fourth-order valence-electron chi connectivity index (χ4n) is 7.25. The molecule has 41 heavy (non-hydrogen) atoms. The van der Waals surface area contributed by atoms with Gasteiger partial charge >= 0.3 is 0 Å². The van der Waals surface area contributed by atoms with Crippen LogP contribution in [-0.2, 0) is 0 Å². The van der Waals surface area contributed by atoms with E-state index in [1.165, 1.54) is 11.9 Å². The summed E-state index contributed by atoms with van der Waals surface area (Å²) in [6, 6.07) is 15.1. The van der Waals surface area contributed by atoms with Crippen LogP contribution in [0.25, 0.3) is 43.6 Å². The monoisotopic (exact) mass is 569 g/mol. The highest BCUT2D eigenvalue weighted by molar-refractivity contribution is 6.72. The number of rotatable bonds is 4. The Labute approximate surface area is 238 Å². The van der Waals surface area contributed by atoms with Crippen molar-refractivity contribution >= 4 is 63.7 Å². The van der Waals surface area contributed by atoms with Gasteiger partial charge in [0.2, 0.25) is 0 Å². The summed E-state index contributed by atoms with van der Waals surface area (Å²) in [5.41, 5.74) is 3.97. The maximum absolute atomic E-state index is 13.7. The Hall–Kier alpha value is -3.50. The van der Waals surface area contributed by atoms with Gasteiger partial charge in [0, 0.05) is 39.6 Å². The maximum atomic E-state index is 13.7. The molecular formula is C32H35N3O5Si. The Bertz CT molecular complexity index is 1930. The third-order valence-electron chi connectivity index (χ3n) is 10.2. The fourth-order valence-corrected chi connectivity index (χ4v) is 8.02. The molecule has 2 aliphatic rings. The lowest BCUT2D eigenvalue weighted by molar-refractivity contribution is 0.00395. The van der Waals surface area contributed by atoms with Crippen molar-refractivity contribution in [2.45, 2.75) is 63.1 Å². The molecule has 1 saturated carbocycles. The number of nitrogens with one attached hydrogen (secondary N) is 1. The van der Waals surface area contributed by atoms with E-state index in [-0.39, 0.29) is 22.8 Å². The number of hydrogen-bond donors (Lipinski definition) is 4. The maximum Gasteiger partial charge on any atom is 0.262 e. The third kappa shape index (κ3) is 3.43. The Morgan fingerprint density at radius 3 is 2.22 bits per heavy atom. The number of nitrogens with zero attached hydrogens (tertiary/aromatic N) is 2. The smallest absolute Gasteiger partial charge is 0.262 e. The van der Waals surface area contributed by atoms with Crippen LogP contribution in [-0.4, -0.2) is 68.8 Å². The van der Waals surface area contributed by atoms with E-state index in [4.69, 9.17) is 0 Å². The molecule has 1 aliphatic heterocycles. The molecule has 2 amide bonds. The van der Waals surface area contributed by atoms with Gasteiger partial charge < -0.3 is 24.6 Å². The number of para-hydroxylation sites is 2. The molecule has 212 valence electrons. The van der Waals surface area contributed by atoms with Crippen molar-refractivity contribution in [2.24, 2.45) is 5.92 Å². The number of amides is 2. The van der Waals surface area contributed by atoms with E-state index in [1.807, 2.05) is 75.5 Å². The normalized spacial score (nSPS) is 23.7. The minimum Gasteiger partial charge on any atom is -0.432 e. The molecule has 9 heteroatoms. The Kier molecular flexibility index (Phi) is 5.48. The number of imide groups is 1. The Morgan fingerprint density at radius 1 is 0.927 bits per heavy atom. The van der Waals surface area contributed by atoms with Gasteiger partial charge in [0.25, 0.3) is 11.8 Å². The average molecular weight is 570 g/mol. The SMILES string of the molecule is CN1C(=O)c2c(c3c4ccccc4n(C4C[C@H](CC(C)(C)[Si](C)(C)O)[C@@H](O)[C@H]4O)c3c3[nH]c4ccccc4c23)C1=O. The molecule has 0 spiro atoms. The van der Waals surface area contributed by atoms with E-state index >= 15 is 0 Å². The molecule has 3 heterocycles.